The number of amides is 1. The molecule has 1 saturated heterocycles. The summed E-state index contributed by atoms with van der Waals surface area (Å²) in [5.74, 6) is 0.576. The minimum absolute atomic E-state index is 0.117. The molecule has 1 aromatic heterocycles. The molecule has 2 N–H and O–H groups in total. The summed E-state index contributed by atoms with van der Waals surface area (Å²) < 4.78 is 1.25. The average molecular weight is 351 g/mol. The maximum Gasteiger partial charge on any atom is 0.253 e. The Morgan fingerprint density at radius 2 is 1.84 bits per heavy atom. The smallest absolute Gasteiger partial charge is 0.253 e. The second-order valence-electron chi connectivity index (χ2n) is 6.49. The van der Waals surface area contributed by atoms with Crippen molar-refractivity contribution in [1.29, 1.82) is 0 Å². The number of aromatic nitrogens is 1. The van der Waals surface area contributed by atoms with Crippen LogP contribution in [0.3, 0.4) is 0 Å². The Morgan fingerprint density at radius 1 is 1.12 bits per heavy atom. The third-order valence-electron chi connectivity index (χ3n) is 4.88. The van der Waals surface area contributed by atoms with Gasteiger partial charge in [0.2, 0.25) is 0 Å². The predicted octanol–water partition coefficient (Wildman–Crippen LogP) is 3.77. The first-order chi connectivity index (χ1) is 12.2. The van der Waals surface area contributed by atoms with Gasteiger partial charge in [0.05, 0.1) is 15.2 Å². The van der Waals surface area contributed by atoms with Crippen LogP contribution in [0, 0.1) is 0 Å². The number of para-hydroxylation sites is 1. The first-order valence-electron chi connectivity index (χ1n) is 8.68. The van der Waals surface area contributed by atoms with Gasteiger partial charge in [-0.2, -0.15) is 0 Å². The molecule has 1 amide bonds. The van der Waals surface area contributed by atoms with Gasteiger partial charge in [0.15, 0.2) is 0 Å². The van der Waals surface area contributed by atoms with E-state index in [1.807, 2.05) is 35.2 Å². The lowest BCUT2D eigenvalue weighted by atomic mass is 9.97. The van der Waals surface area contributed by atoms with Gasteiger partial charge in [-0.15, -0.1) is 11.3 Å². The lowest BCUT2D eigenvalue weighted by Gasteiger charge is -2.31. The highest BCUT2D eigenvalue weighted by atomic mass is 32.1. The number of nitrogens with two attached hydrogens (primary N) is 1. The van der Waals surface area contributed by atoms with E-state index in [1.165, 1.54) is 9.71 Å². The van der Waals surface area contributed by atoms with Crippen LogP contribution in [-0.2, 0) is 6.54 Å². The fraction of sp³-hybridized carbons (Fsp3) is 0.300. The number of carbonyl (C=O) groups is 1. The second kappa shape index (κ2) is 6.94. The lowest BCUT2D eigenvalue weighted by molar-refractivity contribution is 0.0713. The Bertz CT molecular complexity index is 846. The standard InChI is InChI=1S/C20H21N3OS/c21-13-14-5-7-16(8-6-14)20(24)23-11-9-15(10-12-23)19-22-17-3-1-2-4-18(17)25-19/h1-8,15H,9-13,21H2. The van der Waals surface area contributed by atoms with Crippen LogP contribution >= 0.6 is 11.3 Å². The van der Waals surface area contributed by atoms with E-state index in [4.69, 9.17) is 10.7 Å². The molecule has 0 spiro atoms. The highest BCUT2D eigenvalue weighted by Gasteiger charge is 2.26. The van der Waals surface area contributed by atoms with Crippen molar-refractivity contribution in [2.24, 2.45) is 5.73 Å². The molecular formula is C20H21N3OS. The number of thiazole rings is 1. The number of hydrogen-bond donors (Lipinski definition) is 1. The Hall–Kier alpha value is -2.24. The number of hydrogen-bond acceptors (Lipinski definition) is 4. The molecule has 0 unspecified atom stereocenters. The van der Waals surface area contributed by atoms with Gasteiger partial charge in [0.25, 0.3) is 5.91 Å². The Kier molecular flexibility index (Phi) is 4.51. The summed E-state index contributed by atoms with van der Waals surface area (Å²) in [5, 5.41) is 1.21. The zero-order valence-electron chi connectivity index (χ0n) is 14.0. The zero-order chi connectivity index (χ0) is 17.2. The Balaban J connectivity index is 1.42. The molecule has 1 aliphatic heterocycles. The SMILES string of the molecule is NCc1ccc(C(=O)N2CCC(c3nc4ccccc4s3)CC2)cc1. The van der Waals surface area contributed by atoms with E-state index >= 15 is 0 Å². The van der Waals surface area contributed by atoms with Crippen molar-refractivity contribution in [2.75, 3.05) is 13.1 Å². The van der Waals surface area contributed by atoms with Gasteiger partial charge in [-0.1, -0.05) is 24.3 Å². The van der Waals surface area contributed by atoms with Crippen LogP contribution in [0.5, 0.6) is 0 Å². The van der Waals surface area contributed by atoms with Gasteiger partial charge >= 0.3 is 0 Å². The van der Waals surface area contributed by atoms with E-state index in [-0.39, 0.29) is 5.91 Å². The van der Waals surface area contributed by atoms with Crippen molar-refractivity contribution in [3.63, 3.8) is 0 Å². The molecule has 4 rings (SSSR count). The fourth-order valence-electron chi connectivity index (χ4n) is 3.36. The highest BCUT2D eigenvalue weighted by molar-refractivity contribution is 7.18. The van der Waals surface area contributed by atoms with E-state index in [1.54, 1.807) is 11.3 Å². The molecule has 0 aliphatic carbocycles. The van der Waals surface area contributed by atoms with E-state index in [9.17, 15) is 4.79 Å². The van der Waals surface area contributed by atoms with Gasteiger partial charge in [-0.05, 0) is 42.7 Å². The summed E-state index contributed by atoms with van der Waals surface area (Å²) in [6.45, 7) is 2.08. The molecule has 5 heteroatoms. The third kappa shape index (κ3) is 3.30. The van der Waals surface area contributed by atoms with E-state index in [0.717, 1.165) is 42.6 Å². The highest BCUT2D eigenvalue weighted by Crippen LogP contribution is 2.34. The molecule has 128 valence electrons. The van der Waals surface area contributed by atoms with Crippen molar-refractivity contribution >= 4 is 27.5 Å². The van der Waals surface area contributed by atoms with Crippen LogP contribution < -0.4 is 5.73 Å². The lowest BCUT2D eigenvalue weighted by Crippen LogP contribution is -2.37. The average Bonchev–Trinajstić information content (AvgIpc) is 3.12. The van der Waals surface area contributed by atoms with Crippen LogP contribution in [0.2, 0.25) is 0 Å². The Labute approximate surface area is 151 Å². The van der Waals surface area contributed by atoms with Crippen molar-refractivity contribution in [3.05, 3.63) is 64.7 Å². The minimum atomic E-state index is 0.117. The van der Waals surface area contributed by atoms with Crippen LogP contribution in [0.15, 0.2) is 48.5 Å². The molecule has 2 heterocycles. The van der Waals surface area contributed by atoms with E-state index in [0.29, 0.717) is 12.5 Å². The summed E-state index contributed by atoms with van der Waals surface area (Å²) in [7, 11) is 0. The topological polar surface area (TPSA) is 59.2 Å². The molecule has 4 nitrogen and oxygen atoms in total. The van der Waals surface area contributed by atoms with Crippen LogP contribution in [0.1, 0.15) is 39.7 Å². The molecule has 1 fully saturated rings. The molecule has 0 bridgehead atoms. The van der Waals surface area contributed by atoms with Crippen LogP contribution in [-0.4, -0.2) is 28.9 Å². The molecular weight excluding hydrogens is 330 g/mol. The minimum Gasteiger partial charge on any atom is -0.339 e. The zero-order valence-corrected chi connectivity index (χ0v) is 14.8. The molecule has 0 radical (unpaired) electrons. The third-order valence-corrected chi connectivity index (χ3v) is 6.08. The number of nitrogens with zero attached hydrogens (tertiary/aromatic N) is 2. The first kappa shape index (κ1) is 16.2. The summed E-state index contributed by atoms with van der Waals surface area (Å²) >= 11 is 1.79. The van der Waals surface area contributed by atoms with Crippen molar-refractivity contribution in [3.8, 4) is 0 Å². The second-order valence-corrected chi connectivity index (χ2v) is 7.55. The van der Waals surface area contributed by atoms with Crippen molar-refractivity contribution in [1.82, 2.24) is 9.88 Å². The summed E-state index contributed by atoms with van der Waals surface area (Å²) in [5.41, 5.74) is 8.49. The predicted molar refractivity (Wildman–Crippen MR) is 102 cm³/mol. The molecule has 0 atom stereocenters. The normalized spacial score (nSPS) is 15.6. The quantitative estimate of drug-likeness (QED) is 0.781. The van der Waals surface area contributed by atoms with Crippen molar-refractivity contribution in [2.45, 2.75) is 25.3 Å². The fourth-order valence-corrected chi connectivity index (χ4v) is 4.50. The molecule has 25 heavy (non-hydrogen) atoms. The monoisotopic (exact) mass is 351 g/mol. The van der Waals surface area contributed by atoms with Gasteiger partial charge in [-0.3, -0.25) is 4.79 Å². The number of benzene rings is 2. The first-order valence-corrected chi connectivity index (χ1v) is 9.50. The van der Waals surface area contributed by atoms with Gasteiger partial charge in [-0.25, -0.2) is 4.98 Å². The number of rotatable bonds is 3. The number of piperidine rings is 1. The Morgan fingerprint density at radius 3 is 2.52 bits per heavy atom. The van der Waals surface area contributed by atoms with Crippen LogP contribution in [0.25, 0.3) is 10.2 Å². The van der Waals surface area contributed by atoms with Gasteiger partial charge in [0.1, 0.15) is 0 Å². The largest absolute Gasteiger partial charge is 0.339 e. The van der Waals surface area contributed by atoms with E-state index < -0.39 is 0 Å². The van der Waals surface area contributed by atoms with Crippen LogP contribution in [0.4, 0.5) is 0 Å². The molecule has 3 aromatic rings. The summed E-state index contributed by atoms with van der Waals surface area (Å²) in [4.78, 5) is 19.4. The maximum atomic E-state index is 12.7. The molecule has 0 saturated carbocycles. The molecule has 2 aromatic carbocycles. The molecule has 1 aliphatic rings. The maximum absolute atomic E-state index is 12.7. The summed E-state index contributed by atoms with van der Waals surface area (Å²) in [6, 6.07) is 15.9. The number of fused-ring (bicyclic) bond motifs is 1. The summed E-state index contributed by atoms with van der Waals surface area (Å²) in [6.07, 6.45) is 1.96. The number of likely N-dealkylation sites (tertiary alicyclic amines) is 1. The van der Waals surface area contributed by atoms with Gasteiger partial charge < -0.3 is 10.6 Å². The van der Waals surface area contributed by atoms with Gasteiger partial charge in [0, 0.05) is 31.1 Å². The van der Waals surface area contributed by atoms with Crippen molar-refractivity contribution < 1.29 is 4.79 Å². The number of carbonyl (C=O) groups excluding carboxylic acids is 1. The van der Waals surface area contributed by atoms with E-state index in [2.05, 4.69) is 18.2 Å².